The first kappa shape index (κ1) is 16.5. The molecule has 0 aromatic carbocycles. The summed E-state index contributed by atoms with van der Waals surface area (Å²) in [4.78, 5) is 0. The highest BCUT2D eigenvalue weighted by Gasteiger charge is 2.46. The number of aryl methyl sites for hydroxylation is 1. The minimum atomic E-state index is -3.56. The third-order valence-corrected chi connectivity index (χ3v) is 5.94. The Morgan fingerprint density at radius 3 is 2.57 bits per heavy atom. The summed E-state index contributed by atoms with van der Waals surface area (Å²) in [5.41, 5.74) is 1.65. The summed E-state index contributed by atoms with van der Waals surface area (Å²) < 4.78 is 27.8. The van der Waals surface area contributed by atoms with E-state index in [0.29, 0.717) is 19.0 Å². The quantitative estimate of drug-likeness (QED) is 0.679. The Kier molecular flexibility index (Phi) is 4.75. The highest BCUT2D eigenvalue weighted by atomic mass is 32.2. The van der Waals surface area contributed by atoms with Gasteiger partial charge in [-0.3, -0.25) is 5.10 Å². The van der Waals surface area contributed by atoms with Gasteiger partial charge in [0.25, 0.3) is 10.0 Å². The minimum absolute atomic E-state index is 0.125. The van der Waals surface area contributed by atoms with E-state index in [2.05, 4.69) is 34.1 Å². The van der Waals surface area contributed by atoms with Crippen LogP contribution in [-0.4, -0.2) is 31.7 Å². The molecule has 7 heteroatoms. The molecule has 1 fully saturated rings. The van der Waals surface area contributed by atoms with Gasteiger partial charge in [-0.1, -0.05) is 20.8 Å². The van der Waals surface area contributed by atoms with Crippen LogP contribution < -0.4 is 10.0 Å². The fourth-order valence-corrected chi connectivity index (χ4v) is 3.87. The molecule has 3 N–H and O–H groups in total. The predicted molar refractivity (Wildman–Crippen MR) is 82.4 cm³/mol. The molecule has 6 nitrogen and oxygen atoms in total. The molecular formula is C14H26N4O2S. The highest BCUT2D eigenvalue weighted by molar-refractivity contribution is 7.89. The zero-order valence-corrected chi connectivity index (χ0v) is 14.1. The van der Waals surface area contributed by atoms with Crippen molar-refractivity contribution in [2.45, 2.75) is 52.1 Å². The van der Waals surface area contributed by atoms with Gasteiger partial charge in [0.05, 0.1) is 0 Å². The van der Waals surface area contributed by atoms with E-state index in [9.17, 15) is 8.42 Å². The van der Waals surface area contributed by atoms with Crippen LogP contribution in [0.1, 0.15) is 44.9 Å². The maximum atomic E-state index is 12.5. The predicted octanol–water partition coefficient (Wildman–Crippen LogP) is 1.54. The Morgan fingerprint density at radius 1 is 1.38 bits per heavy atom. The van der Waals surface area contributed by atoms with Gasteiger partial charge in [-0.25, -0.2) is 13.1 Å². The molecule has 1 aliphatic carbocycles. The number of aromatic nitrogens is 2. The van der Waals surface area contributed by atoms with Crippen LogP contribution in [0.2, 0.25) is 0 Å². The molecule has 1 heterocycles. The van der Waals surface area contributed by atoms with E-state index in [1.54, 1.807) is 0 Å². The van der Waals surface area contributed by atoms with Gasteiger partial charge >= 0.3 is 0 Å². The molecule has 1 aromatic heterocycles. The van der Waals surface area contributed by atoms with Crippen molar-refractivity contribution >= 4 is 10.0 Å². The van der Waals surface area contributed by atoms with Crippen LogP contribution >= 0.6 is 0 Å². The van der Waals surface area contributed by atoms with Gasteiger partial charge in [-0.05, 0) is 37.6 Å². The van der Waals surface area contributed by atoms with Gasteiger partial charge in [-0.2, -0.15) is 5.10 Å². The van der Waals surface area contributed by atoms with Gasteiger partial charge < -0.3 is 5.32 Å². The first-order valence-electron chi connectivity index (χ1n) is 7.56. The number of sulfonamides is 1. The second kappa shape index (κ2) is 6.06. The summed E-state index contributed by atoms with van der Waals surface area (Å²) in [7, 11) is -3.56. The molecule has 0 radical (unpaired) electrons. The lowest BCUT2D eigenvalue weighted by Gasteiger charge is -2.19. The lowest BCUT2D eigenvalue weighted by Crippen LogP contribution is -2.33. The fraction of sp³-hybridized carbons (Fsp3) is 0.786. The molecule has 0 spiro atoms. The molecule has 21 heavy (non-hydrogen) atoms. The number of nitrogens with zero attached hydrogens (tertiary/aromatic N) is 1. The van der Waals surface area contributed by atoms with Crippen molar-refractivity contribution in [1.29, 1.82) is 0 Å². The van der Waals surface area contributed by atoms with Crippen molar-refractivity contribution < 1.29 is 8.42 Å². The summed E-state index contributed by atoms with van der Waals surface area (Å²) in [5.74, 6) is 0.488. The van der Waals surface area contributed by atoms with Gasteiger partial charge in [-0.15, -0.1) is 0 Å². The molecule has 0 bridgehead atoms. The van der Waals surface area contributed by atoms with E-state index in [-0.39, 0.29) is 10.4 Å². The number of H-pyrrole nitrogens is 1. The van der Waals surface area contributed by atoms with Gasteiger partial charge in [0.15, 0.2) is 5.03 Å². The van der Waals surface area contributed by atoms with Crippen LogP contribution in [0.25, 0.3) is 0 Å². The van der Waals surface area contributed by atoms with Crippen molar-refractivity contribution in [3.63, 3.8) is 0 Å². The van der Waals surface area contributed by atoms with Crippen LogP contribution in [0.4, 0.5) is 0 Å². The van der Waals surface area contributed by atoms with E-state index < -0.39 is 10.0 Å². The zero-order valence-electron chi connectivity index (χ0n) is 13.3. The molecule has 0 saturated heterocycles. The minimum Gasteiger partial charge on any atom is -0.313 e. The maximum absolute atomic E-state index is 12.5. The van der Waals surface area contributed by atoms with Crippen LogP contribution in [0.5, 0.6) is 0 Å². The zero-order chi connectivity index (χ0) is 15.7. The molecular weight excluding hydrogens is 288 g/mol. The van der Waals surface area contributed by atoms with Crippen LogP contribution in [0.3, 0.4) is 0 Å². The first-order chi connectivity index (χ1) is 9.82. The van der Waals surface area contributed by atoms with E-state index in [0.717, 1.165) is 30.6 Å². The molecule has 0 amide bonds. The number of aromatic amines is 1. The summed E-state index contributed by atoms with van der Waals surface area (Å²) >= 11 is 0. The van der Waals surface area contributed by atoms with E-state index >= 15 is 0 Å². The number of rotatable bonds is 8. The van der Waals surface area contributed by atoms with Crippen molar-refractivity contribution in [2.24, 2.45) is 11.3 Å². The number of hydrogen-bond acceptors (Lipinski definition) is 4. The lowest BCUT2D eigenvalue weighted by atomic mass is 9.93. The molecule has 1 aliphatic rings. The monoisotopic (exact) mass is 314 g/mol. The standard InChI is InChI=1S/C14H26N4O2S/c1-5-15-8-12-11(4)17-18-13(12)21(19,20)16-9-14(6-7-14)10(2)3/h10,15-16H,5-9H2,1-4H3,(H,17,18). The highest BCUT2D eigenvalue weighted by Crippen LogP contribution is 2.51. The average molecular weight is 314 g/mol. The van der Waals surface area contributed by atoms with E-state index in [4.69, 9.17) is 0 Å². The largest absolute Gasteiger partial charge is 0.313 e. The number of nitrogens with one attached hydrogen (secondary N) is 3. The van der Waals surface area contributed by atoms with E-state index in [1.165, 1.54) is 0 Å². The Morgan fingerprint density at radius 2 is 2.05 bits per heavy atom. The van der Waals surface area contributed by atoms with Crippen molar-refractivity contribution in [2.75, 3.05) is 13.1 Å². The van der Waals surface area contributed by atoms with Gasteiger partial charge in [0.1, 0.15) is 0 Å². The Labute approximate surface area is 127 Å². The SMILES string of the molecule is CCNCc1c(S(=O)(=O)NCC2(C(C)C)CC2)n[nH]c1C. The molecule has 0 aliphatic heterocycles. The fourth-order valence-electron chi connectivity index (χ4n) is 2.54. The van der Waals surface area contributed by atoms with Crippen LogP contribution in [0.15, 0.2) is 5.03 Å². The van der Waals surface area contributed by atoms with Gasteiger partial charge in [0.2, 0.25) is 0 Å². The first-order valence-corrected chi connectivity index (χ1v) is 9.05. The average Bonchev–Trinajstić information content (AvgIpc) is 3.13. The molecule has 0 atom stereocenters. The summed E-state index contributed by atoms with van der Waals surface area (Å²) in [6, 6.07) is 0. The maximum Gasteiger partial charge on any atom is 0.260 e. The third-order valence-electron chi connectivity index (χ3n) is 4.57. The smallest absolute Gasteiger partial charge is 0.260 e. The molecule has 1 aromatic rings. The second-order valence-electron chi connectivity index (χ2n) is 6.25. The Hall–Kier alpha value is -0.920. The Bertz CT molecular complexity index is 588. The molecule has 120 valence electrons. The normalized spacial score (nSPS) is 17.4. The second-order valence-corrected chi connectivity index (χ2v) is 7.94. The van der Waals surface area contributed by atoms with Crippen molar-refractivity contribution in [3.8, 4) is 0 Å². The molecule has 1 saturated carbocycles. The van der Waals surface area contributed by atoms with Crippen molar-refractivity contribution in [1.82, 2.24) is 20.2 Å². The summed E-state index contributed by atoms with van der Waals surface area (Å²) in [6.07, 6.45) is 2.19. The molecule has 2 rings (SSSR count). The van der Waals surface area contributed by atoms with Crippen molar-refractivity contribution in [3.05, 3.63) is 11.3 Å². The topological polar surface area (TPSA) is 86.9 Å². The van der Waals surface area contributed by atoms with E-state index in [1.807, 2.05) is 13.8 Å². The van der Waals surface area contributed by atoms with Crippen LogP contribution in [-0.2, 0) is 16.6 Å². The third kappa shape index (κ3) is 3.46. The Balaban J connectivity index is 2.13. The summed E-state index contributed by atoms with van der Waals surface area (Å²) in [6.45, 7) is 9.92. The summed E-state index contributed by atoms with van der Waals surface area (Å²) in [5, 5.41) is 10.0. The lowest BCUT2D eigenvalue weighted by molar-refractivity contribution is 0.357. The molecule has 0 unspecified atom stereocenters. The van der Waals surface area contributed by atoms with Crippen LogP contribution in [0, 0.1) is 18.3 Å². The number of hydrogen-bond donors (Lipinski definition) is 3. The van der Waals surface area contributed by atoms with Gasteiger partial charge in [0, 0.05) is 24.3 Å².